The summed E-state index contributed by atoms with van der Waals surface area (Å²) < 4.78 is 53.8. The first kappa shape index (κ1) is 21.3. The summed E-state index contributed by atoms with van der Waals surface area (Å²) in [6.45, 7) is 0. The number of nitrogens with one attached hydrogen (secondary N) is 2. The molecule has 0 atom stereocenters. The zero-order valence-electron chi connectivity index (χ0n) is 15.9. The molecule has 13 nitrogen and oxygen atoms in total. The van der Waals surface area contributed by atoms with Gasteiger partial charge >= 0.3 is 0 Å². The molecule has 0 saturated heterocycles. The van der Waals surface area contributed by atoms with Crippen molar-refractivity contribution in [3.8, 4) is 22.5 Å². The van der Waals surface area contributed by atoms with E-state index in [1.54, 1.807) is 6.07 Å². The molecule has 0 spiro atoms. The van der Waals surface area contributed by atoms with Crippen LogP contribution in [0.15, 0.2) is 40.3 Å². The van der Waals surface area contributed by atoms with Crippen LogP contribution in [-0.4, -0.2) is 54.5 Å². The topological polar surface area (TPSA) is 226 Å². The van der Waals surface area contributed by atoms with Gasteiger partial charge in [-0.3, -0.25) is 0 Å². The number of H-pyrrole nitrogens is 1. The summed E-state index contributed by atoms with van der Waals surface area (Å²) in [6, 6.07) is 5.18. The molecule has 8 N–H and O–H groups in total. The minimum Gasteiger partial charge on any atom is -0.384 e. The van der Waals surface area contributed by atoms with Gasteiger partial charge in [0.2, 0.25) is 25.9 Å². The number of rotatable bonds is 6. The van der Waals surface area contributed by atoms with Gasteiger partial charge in [0.15, 0.2) is 0 Å². The highest BCUT2D eigenvalue weighted by Crippen LogP contribution is 2.38. The summed E-state index contributed by atoms with van der Waals surface area (Å²) >= 11 is 0. The number of tetrazole rings is 1. The lowest BCUT2D eigenvalue weighted by Crippen LogP contribution is -2.50. The fourth-order valence-corrected chi connectivity index (χ4v) is 6.26. The standard InChI is InChI=1S/C16H19N9O4S2/c17-9-5-10(6-9)23-31(28,29)12-3-2-11(8-1-4-13(18)20-7-8)14(15(12)30(19,26)27)16-21-24-25-22-16/h1-4,7,9-10,23H,5-6,17H2,(H2,18,20)(H2,19,26,27)(H,21,22,24,25)/t9-,10-. The van der Waals surface area contributed by atoms with Gasteiger partial charge in [-0.15, -0.1) is 10.2 Å². The van der Waals surface area contributed by atoms with E-state index >= 15 is 0 Å². The third-order valence-corrected chi connectivity index (χ3v) is 7.54. The van der Waals surface area contributed by atoms with Crippen molar-refractivity contribution in [3.63, 3.8) is 0 Å². The highest BCUT2D eigenvalue weighted by atomic mass is 32.2. The molecule has 31 heavy (non-hydrogen) atoms. The maximum atomic E-state index is 13.1. The normalized spacial score (nSPS) is 19.2. The largest absolute Gasteiger partial charge is 0.384 e. The number of benzene rings is 1. The molecule has 1 aromatic carbocycles. The average Bonchev–Trinajstić information content (AvgIpc) is 3.20. The van der Waals surface area contributed by atoms with Crippen LogP contribution in [0.4, 0.5) is 5.82 Å². The van der Waals surface area contributed by atoms with Crippen molar-refractivity contribution in [2.75, 3.05) is 5.73 Å². The molecule has 2 heterocycles. The molecule has 1 aliphatic rings. The summed E-state index contributed by atoms with van der Waals surface area (Å²) in [6.07, 6.45) is 2.29. The highest BCUT2D eigenvalue weighted by molar-refractivity contribution is 7.92. The Morgan fingerprint density at radius 2 is 1.84 bits per heavy atom. The Kier molecular flexibility index (Phi) is 5.22. The molecule has 1 saturated carbocycles. The zero-order chi connectivity index (χ0) is 22.4. The van der Waals surface area contributed by atoms with Gasteiger partial charge in [0.05, 0.1) is 5.56 Å². The first-order chi connectivity index (χ1) is 14.6. The first-order valence-corrected chi connectivity index (χ1v) is 12.0. The van der Waals surface area contributed by atoms with Crippen LogP contribution in [-0.2, 0) is 20.0 Å². The molecule has 2 aromatic heterocycles. The average molecular weight is 466 g/mol. The lowest BCUT2D eigenvalue weighted by Gasteiger charge is -2.32. The second kappa shape index (κ2) is 7.61. The first-order valence-electron chi connectivity index (χ1n) is 8.99. The summed E-state index contributed by atoms with van der Waals surface area (Å²) in [7, 11) is -8.82. The van der Waals surface area contributed by atoms with Crippen LogP contribution in [0.1, 0.15) is 12.8 Å². The van der Waals surface area contributed by atoms with Crippen molar-refractivity contribution in [3.05, 3.63) is 30.5 Å². The minimum atomic E-state index is -4.56. The molecule has 15 heteroatoms. The Bertz CT molecular complexity index is 1320. The molecule has 0 radical (unpaired) electrons. The maximum Gasteiger partial charge on any atom is 0.242 e. The van der Waals surface area contributed by atoms with E-state index in [1.165, 1.54) is 18.3 Å². The fourth-order valence-electron chi connectivity index (χ4n) is 3.39. The summed E-state index contributed by atoms with van der Waals surface area (Å²) in [5, 5.41) is 18.8. The number of nitrogen functional groups attached to an aromatic ring is 1. The van der Waals surface area contributed by atoms with Gasteiger partial charge in [0.25, 0.3) is 0 Å². The second-order valence-corrected chi connectivity index (χ2v) is 10.3. The molecule has 164 valence electrons. The van der Waals surface area contributed by atoms with E-state index < -0.39 is 35.9 Å². The van der Waals surface area contributed by atoms with Gasteiger partial charge in [0, 0.05) is 23.8 Å². The Hall–Kier alpha value is -2.98. The SMILES string of the molecule is Nc1ccc(-c2ccc(S(=O)(=O)N[C@H]3C[C@H](N)C3)c(S(N)(=O)=O)c2-c2nn[nH]n2)cn1. The minimum absolute atomic E-state index is 0.110. The van der Waals surface area contributed by atoms with E-state index in [1.807, 2.05) is 0 Å². The Morgan fingerprint density at radius 1 is 1.10 bits per heavy atom. The number of primary sulfonamides is 1. The van der Waals surface area contributed by atoms with Gasteiger partial charge in [0.1, 0.15) is 15.6 Å². The lowest BCUT2D eigenvalue weighted by molar-refractivity contribution is 0.327. The number of aromatic nitrogens is 5. The van der Waals surface area contributed by atoms with Crippen LogP contribution < -0.4 is 21.3 Å². The van der Waals surface area contributed by atoms with Gasteiger partial charge in [-0.25, -0.2) is 31.7 Å². The number of pyridine rings is 1. The van der Waals surface area contributed by atoms with Crippen LogP contribution >= 0.6 is 0 Å². The second-order valence-electron chi connectivity index (χ2n) is 7.12. The van der Waals surface area contributed by atoms with Gasteiger partial charge in [-0.2, -0.15) is 5.21 Å². The highest BCUT2D eigenvalue weighted by Gasteiger charge is 2.35. The molecular weight excluding hydrogens is 446 g/mol. The third-order valence-electron chi connectivity index (χ3n) is 4.86. The van der Waals surface area contributed by atoms with Crippen molar-refractivity contribution in [2.24, 2.45) is 10.9 Å². The van der Waals surface area contributed by atoms with E-state index in [0.717, 1.165) is 6.07 Å². The van der Waals surface area contributed by atoms with Gasteiger partial charge in [-0.05, 0) is 41.8 Å². The predicted octanol–water partition coefficient (Wildman–Crippen LogP) is -1.07. The van der Waals surface area contributed by atoms with Crippen LogP contribution in [0.2, 0.25) is 0 Å². The molecule has 0 bridgehead atoms. The molecule has 1 aliphatic carbocycles. The molecule has 1 fully saturated rings. The molecule has 0 unspecified atom stereocenters. The molecule has 3 aromatic rings. The van der Waals surface area contributed by atoms with Crippen molar-refractivity contribution < 1.29 is 16.8 Å². The summed E-state index contributed by atoms with van der Waals surface area (Å²) in [5.74, 6) is 0.0946. The number of sulfonamides is 2. The van der Waals surface area contributed by atoms with Crippen LogP contribution in [0, 0.1) is 0 Å². The van der Waals surface area contributed by atoms with E-state index in [0.29, 0.717) is 18.4 Å². The summed E-state index contributed by atoms with van der Waals surface area (Å²) in [4.78, 5) is 2.82. The third kappa shape index (κ3) is 4.13. The monoisotopic (exact) mass is 465 g/mol. The maximum absolute atomic E-state index is 13.1. The Labute approximate surface area is 177 Å². The Morgan fingerprint density at radius 3 is 2.39 bits per heavy atom. The van der Waals surface area contributed by atoms with Crippen molar-refractivity contribution >= 4 is 25.9 Å². The molecule has 0 amide bonds. The molecule has 4 rings (SSSR count). The number of nitrogens with zero attached hydrogens (tertiary/aromatic N) is 4. The smallest absolute Gasteiger partial charge is 0.242 e. The van der Waals surface area contributed by atoms with Gasteiger partial charge < -0.3 is 11.5 Å². The van der Waals surface area contributed by atoms with Crippen LogP contribution in [0.5, 0.6) is 0 Å². The molecule has 0 aliphatic heterocycles. The van der Waals surface area contributed by atoms with E-state index in [2.05, 4.69) is 30.3 Å². The van der Waals surface area contributed by atoms with Crippen molar-refractivity contribution in [1.29, 1.82) is 0 Å². The molecular formula is C16H19N9O4S2. The number of anilines is 1. The fraction of sp³-hybridized carbons (Fsp3) is 0.250. The predicted molar refractivity (Wildman–Crippen MR) is 110 cm³/mol. The summed E-state index contributed by atoms with van der Waals surface area (Å²) in [5.41, 5.74) is 11.9. The Balaban J connectivity index is 1.98. The zero-order valence-corrected chi connectivity index (χ0v) is 17.6. The lowest BCUT2D eigenvalue weighted by atomic mass is 9.89. The van der Waals surface area contributed by atoms with Crippen molar-refractivity contribution in [1.82, 2.24) is 30.3 Å². The quantitative estimate of drug-likeness (QED) is 0.296. The number of aromatic amines is 1. The van der Waals surface area contributed by atoms with Gasteiger partial charge in [-0.1, -0.05) is 6.07 Å². The van der Waals surface area contributed by atoms with Crippen LogP contribution in [0.3, 0.4) is 0 Å². The number of hydrogen-bond donors (Lipinski definition) is 5. The van der Waals surface area contributed by atoms with E-state index in [9.17, 15) is 16.8 Å². The van der Waals surface area contributed by atoms with E-state index in [4.69, 9.17) is 16.6 Å². The van der Waals surface area contributed by atoms with Crippen LogP contribution in [0.25, 0.3) is 22.5 Å². The number of hydrogen-bond acceptors (Lipinski definition) is 10. The van der Waals surface area contributed by atoms with Crippen molar-refractivity contribution in [2.45, 2.75) is 34.7 Å². The number of nitrogens with two attached hydrogens (primary N) is 3. The van der Waals surface area contributed by atoms with E-state index in [-0.39, 0.29) is 28.8 Å².